The van der Waals surface area contributed by atoms with Crippen LogP contribution in [0.4, 0.5) is 0 Å². The summed E-state index contributed by atoms with van der Waals surface area (Å²) in [5, 5.41) is 0.00796. The topological polar surface area (TPSA) is 34.1 Å². The highest BCUT2D eigenvalue weighted by Gasteiger charge is 2.31. The van der Waals surface area contributed by atoms with Gasteiger partial charge < -0.3 is 0 Å². The van der Waals surface area contributed by atoms with Crippen molar-refractivity contribution in [2.24, 2.45) is 5.92 Å². The fourth-order valence-electron chi connectivity index (χ4n) is 2.23. The van der Waals surface area contributed by atoms with E-state index in [0.717, 1.165) is 32.1 Å². The molecule has 0 aromatic carbocycles. The highest BCUT2D eigenvalue weighted by atomic mass is 35.5. The molecule has 4 heteroatoms. The van der Waals surface area contributed by atoms with E-state index in [4.69, 9.17) is 11.6 Å². The molecular formula is C10H19ClO2S. The quantitative estimate of drug-likeness (QED) is 0.709. The van der Waals surface area contributed by atoms with E-state index < -0.39 is 9.84 Å². The first-order valence-corrected chi connectivity index (χ1v) is 7.67. The molecule has 3 unspecified atom stereocenters. The van der Waals surface area contributed by atoms with Crippen LogP contribution in [-0.4, -0.2) is 25.3 Å². The van der Waals surface area contributed by atoms with Gasteiger partial charge in [-0.2, -0.15) is 0 Å². The van der Waals surface area contributed by atoms with Crippen LogP contribution in [0, 0.1) is 5.92 Å². The highest BCUT2D eigenvalue weighted by Crippen LogP contribution is 2.33. The van der Waals surface area contributed by atoms with Crippen molar-refractivity contribution in [3.63, 3.8) is 0 Å². The van der Waals surface area contributed by atoms with Crippen molar-refractivity contribution in [3.8, 4) is 0 Å². The third-order valence-electron chi connectivity index (χ3n) is 3.17. The van der Waals surface area contributed by atoms with Gasteiger partial charge in [0.05, 0.1) is 5.25 Å². The van der Waals surface area contributed by atoms with Gasteiger partial charge in [0, 0.05) is 11.6 Å². The number of rotatable bonds is 3. The van der Waals surface area contributed by atoms with E-state index in [1.165, 1.54) is 6.26 Å². The van der Waals surface area contributed by atoms with Crippen LogP contribution in [0.25, 0.3) is 0 Å². The van der Waals surface area contributed by atoms with Crippen LogP contribution in [-0.2, 0) is 9.84 Å². The molecule has 1 saturated carbocycles. The van der Waals surface area contributed by atoms with E-state index in [1.54, 1.807) is 0 Å². The summed E-state index contributed by atoms with van der Waals surface area (Å²) < 4.78 is 22.8. The summed E-state index contributed by atoms with van der Waals surface area (Å²) in [5.74, 6) is 0.398. The summed E-state index contributed by atoms with van der Waals surface area (Å²) in [4.78, 5) is 0. The standard InChI is InChI=1S/C10H19ClO2S/c1-3-10(11)8-5-4-6-9(7-8)14(2,12)13/h8-10H,3-7H2,1-2H3. The van der Waals surface area contributed by atoms with Crippen LogP contribution in [0.5, 0.6) is 0 Å². The number of hydrogen-bond acceptors (Lipinski definition) is 2. The van der Waals surface area contributed by atoms with Gasteiger partial charge in [-0.15, -0.1) is 11.6 Å². The second-order valence-electron chi connectivity index (χ2n) is 4.30. The molecule has 0 aromatic rings. The summed E-state index contributed by atoms with van der Waals surface area (Å²) in [7, 11) is -2.86. The van der Waals surface area contributed by atoms with Crippen LogP contribution in [0.3, 0.4) is 0 Å². The molecule has 1 fully saturated rings. The largest absolute Gasteiger partial charge is 0.229 e. The molecule has 0 N–H and O–H groups in total. The molecule has 1 aliphatic carbocycles. The molecule has 14 heavy (non-hydrogen) atoms. The molecule has 0 heterocycles. The summed E-state index contributed by atoms with van der Waals surface area (Å²) in [6.45, 7) is 2.06. The maximum absolute atomic E-state index is 11.4. The Morgan fingerprint density at radius 2 is 2.07 bits per heavy atom. The normalized spacial score (nSPS) is 31.4. The third kappa shape index (κ3) is 3.13. The zero-order valence-corrected chi connectivity index (χ0v) is 10.4. The lowest BCUT2D eigenvalue weighted by Gasteiger charge is -2.30. The zero-order chi connectivity index (χ0) is 10.8. The van der Waals surface area contributed by atoms with Crippen molar-refractivity contribution < 1.29 is 8.42 Å². The van der Waals surface area contributed by atoms with Crippen LogP contribution in [0.1, 0.15) is 39.0 Å². The Bertz CT molecular complexity index is 274. The molecule has 2 nitrogen and oxygen atoms in total. The van der Waals surface area contributed by atoms with Crippen LogP contribution >= 0.6 is 11.6 Å². The first-order valence-electron chi connectivity index (χ1n) is 5.28. The number of halogens is 1. The summed E-state index contributed by atoms with van der Waals surface area (Å²) in [6.07, 6.45) is 5.96. The van der Waals surface area contributed by atoms with Gasteiger partial charge in [-0.05, 0) is 31.6 Å². The fraction of sp³-hybridized carbons (Fsp3) is 1.00. The minimum absolute atomic E-state index is 0.144. The van der Waals surface area contributed by atoms with Crippen molar-refractivity contribution in [1.82, 2.24) is 0 Å². The van der Waals surface area contributed by atoms with Crippen molar-refractivity contribution >= 4 is 21.4 Å². The molecule has 1 rings (SSSR count). The molecule has 0 aliphatic heterocycles. The predicted octanol–water partition coefficient (Wildman–Crippen LogP) is 2.61. The highest BCUT2D eigenvalue weighted by molar-refractivity contribution is 7.91. The number of hydrogen-bond donors (Lipinski definition) is 0. The summed E-state index contributed by atoms with van der Waals surface area (Å²) in [6, 6.07) is 0. The Kier molecular flexibility index (Phi) is 4.26. The summed E-state index contributed by atoms with van der Waals surface area (Å²) in [5.41, 5.74) is 0. The fourth-order valence-corrected chi connectivity index (χ4v) is 3.65. The Balaban J connectivity index is 2.61. The minimum Gasteiger partial charge on any atom is -0.229 e. The molecule has 0 saturated heterocycles. The minimum atomic E-state index is -2.86. The average molecular weight is 239 g/mol. The van der Waals surface area contributed by atoms with E-state index in [-0.39, 0.29) is 10.6 Å². The van der Waals surface area contributed by atoms with E-state index in [2.05, 4.69) is 6.92 Å². The molecule has 1 aliphatic rings. The zero-order valence-electron chi connectivity index (χ0n) is 8.87. The second-order valence-corrected chi connectivity index (χ2v) is 7.19. The van der Waals surface area contributed by atoms with Gasteiger partial charge in [-0.1, -0.05) is 13.3 Å². The van der Waals surface area contributed by atoms with Gasteiger partial charge >= 0.3 is 0 Å². The first kappa shape index (κ1) is 12.3. The Labute approximate surface area is 91.9 Å². The van der Waals surface area contributed by atoms with E-state index >= 15 is 0 Å². The maximum atomic E-state index is 11.4. The van der Waals surface area contributed by atoms with Crippen LogP contribution in [0.2, 0.25) is 0 Å². The van der Waals surface area contributed by atoms with E-state index in [0.29, 0.717) is 5.92 Å². The number of alkyl halides is 1. The van der Waals surface area contributed by atoms with Gasteiger partial charge in [0.15, 0.2) is 0 Å². The molecule has 0 spiro atoms. The van der Waals surface area contributed by atoms with Gasteiger partial charge in [0.1, 0.15) is 9.84 Å². The Morgan fingerprint density at radius 3 is 2.57 bits per heavy atom. The van der Waals surface area contributed by atoms with Crippen LogP contribution < -0.4 is 0 Å². The third-order valence-corrected chi connectivity index (χ3v) is 5.48. The van der Waals surface area contributed by atoms with Crippen molar-refractivity contribution in [2.45, 2.75) is 49.7 Å². The lowest BCUT2D eigenvalue weighted by molar-refractivity contribution is 0.341. The Hall–Kier alpha value is 0.240. The maximum Gasteiger partial charge on any atom is 0.150 e. The van der Waals surface area contributed by atoms with Crippen LogP contribution in [0.15, 0.2) is 0 Å². The summed E-state index contributed by atoms with van der Waals surface area (Å²) >= 11 is 6.16. The average Bonchev–Trinajstić information content (AvgIpc) is 2.15. The molecule has 0 bridgehead atoms. The molecule has 0 amide bonds. The lowest BCUT2D eigenvalue weighted by Crippen LogP contribution is -2.31. The molecule has 0 aromatic heterocycles. The smallest absolute Gasteiger partial charge is 0.150 e. The Morgan fingerprint density at radius 1 is 1.43 bits per heavy atom. The molecule has 3 atom stereocenters. The molecule has 0 radical (unpaired) electrons. The van der Waals surface area contributed by atoms with Gasteiger partial charge in [-0.3, -0.25) is 0 Å². The first-order chi connectivity index (χ1) is 6.45. The number of sulfone groups is 1. The van der Waals surface area contributed by atoms with Gasteiger partial charge in [0.25, 0.3) is 0 Å². The van der Waals surface area contributed by atoms with Crippen molar-refractivity contribution in [1.29, 1.82) is 0 Å². The van der Waals surface area contributed by atoms with E-state index in [9.17, 15) is 8.42 Å². The second kappa shape index (κ2) is 4.84. The predicted molar refractivity (Wildman–Crippen MR) is 60.5 cm³/mol. The van der Waals surface area contributed by atoms with Crippen molar-refractivity contribution in [2.75, 3.05) is 6.26 Å². The van der Waals surface area contributed by atoms with E-state index in [1.807, 2.05) is 0 Å². The van der Waals surface area contributed by atoms with Crippen molar-refractivity contribution in [3.05, 3.63) is 0 Å². The van der Waals surface area contributed by atoms with Gasteiger partial charge in [-0.25, -0.2) is 8.42 Å². The SMILES string of the molecule is CCC(Cl)C1CCCC(S(C)(=O)=O)C1. The molecule has 84 valence electrons. The molecular weight excluding hydrogens is 220 g/mol. The van der Waals surface area contributed by atoms with Gasteiger partial charge in [0.2, 0.25) is 0 Å². The lowest BCUT2D eigenvalue weighted by atomic mass is 9.85. The monoisotopic (exact) mass is 238 g/mol.